The first-order valence-electron chi connectivity index (χ1n) is 7.18. The van der Waals surface area contributed by atoms with E-state index in [0.717, 1.165) is 0 Å². The molecular formula is C15H17N3O5. The fourth-order valence-corrected chi connectivity index (χ4v) is 2.76. The van der Waals surface area contributed by atoms with Gasteiger partial charge in [0, 0.05) is 6.42 Å². The Hall–Kier alpha value is -2.61. The zero-order valence-electron chi connectivity index (χ0n) is 12.5. The van der Waals surface area contributed by atoms with Crippen LogP contribution in [0.15, 0.2) is 24.5 Å². The average molecular weight is 319 g/mol. The molecule has 1 amide bonds. The van der Waals surface area contributed by atoms with Gasteiger partial charge in [-0.05, 0) is 18.2 Å². The van der Waals surface area contributed by atoms with Gasteiger partial charge in [-0.25, -0.2) is 14.8 Å². The second kappa shape index (κ2) is 6.25. The molecule has 1 aromatic carbocycles. The largest absolute Gasteiger partial charge is 0.497 e. The summed E-state index contributed by atoms with van der Waals surface area (Å²) in [6.45, 7) is -0.0411. The number of methoxy groups -OCH3 is 1. The molecule has 0 aliphatic carbocycles. The molecule has 2 aromatic rings. The Morgan fingerprint density at radius 2 is 2.26 bits per heavy atom. The van der Waals surface area contributed by atoms with Gasteiger partial charge in [0.2, 0.25) is 5.88 Å². The van der Waals surface area contributed by atoms with Gasteiger partial charge in [-0.2, -0.15) is 0 Å². The van der Waals surface area contributed by atoms with Crippen LogP contribution in [0, 0.1) is 0 Å². The number of carboxylic acid groups (broad SMARTS) is 1. The summed E-state index contributed by atoms with van der Waals surface area (Å²) in [5, 5.41) is 19.2. The van der Waals surface area contributed by atoms with Gasteiger partial charge in [-0.1, -0.05) is 0 Å². The minimum atomic E-state index is -1.07. The molecule has 1 aliphatic rings. The van der Waals surface area contributed by atoms with E-state index in [1.807, 2.05) is 0 Å². The molecule has 1 aliphatic heterocycles. The second-order valence-electron chi connectivity index (χ2n) is 5.31. The van der Waals surface area contributed by atoms with E-state index in [1.54, 1.807) is 25.3 Å². The maximum absolute atomic E-state index is 11.2. The number of amides is 1. The number of rotatable bonds is 4. The van der Waals surface area contributed by atoms with Gasteiger partial charge >= 0.3 is 6.09 Å². The highest BCUT2D eigenvalue weighted by molar-refractivity contribution is 5.84. The van der Waals surface area contributed by atoms with E-state index < -0.39 is 12.1 Å². The molecule has 2 heterocycles. The van der Waals surface area contributed by atoms with Crippen molar-refractivity contribution < 1.29 is 24.5 Å². The minimum Gasteiger partial charge on any atom is -0.497 e. The zero-order valence-corrected chi connectivity index (χ0v) is 12.5. The lowest BCUT2D eigenvalue weighted by Gasteiger charge is -2.18. The van der Waals surface area contributed by atoms with Crippen molar-refractivity contribution >= 4 is 17.0 Å². The Balaban J connectivity index is 1.86. The van der Waals surface area contributed by atoms with E-state index in [2.05, 4.69) is 9.97 Å². The molecule has 2 atom stereocenters. The molecule has 1 aromatic heterocycles. The van der Waals surface area contributed by atoms with Gasteiger partial charge in [0.25, 0.3) is 0 Å². The summed E-state index contributed by atoms with van der Waals surface area (Å²) in [5.41, 5.74) is 0.711. The van der Waals surface area contributed by atoms with Crippen LogP contribution in [0.2, 0.25) is 0 Å². The number of aliphatic hydroxyl groups excluding tert-OH is 1. The number of nitrogens with zero attached hydrogens (tertiary/aromatic N) is 3. The van der Waals surface area contributed by atoms with Crippen molar-refractivity contribution in [2.75, 3.05) is 20.3 Å². The molecular weight excluding hydrogens is 302 g/mol. The molecule has 23 heavy (non-hydrogen) atoms. The van der Waals surface area contributed by atoms with Gasteiger partial charge in [0.1, 0.15) is 18.2 Å². The number of ether oxygens (including phenoxy) is 2. The highest BCUT2D eigenvalue weighted by Gasteiger charge is 2.36. The van der Waals surface area contributed by atoms with Crippen LogP contribution in [0.5, 0.6) is 11.6 Å². The number of aromatic nitrogens is 2. The van der Waals surface area contributed by atoms with E-state index in [4.69, 9.17) is 14.6 Å². The van der Waals surface area contributed by atoms with Crippen molar-refractivity contribution in [2.24, 2.45) is 0 Å². The third-order valence-electron chi connectivity index (χ3n) is 3.92. The molecule has 1 saturated heterocycles. The first kappa shape index (κ1) is 15.3. The molecule has 3 rings (SSSR count). The summed E-state index contributed by atoms with van der Waals surface area (Å²) in [4.78, 5) is 20.7. The molecule has 8 heteroatoms. The first-order valence-corrected chi connectivity index (χ1v) is 7.18. The smallest absolute Gasteiger partial charge is 0.407 e. The van der Waals surface area contributed by atoms with Crippen LogP contribution in [0.1, 0.15) is 6.42 Å². The highest BCUT2D eigenvalue weighted by atomic mass is 16.5. The molecule has 8 nitrogen and oxygen atoms in total. The van der Waals surface area contributed by atoms with E-state index >= 15 is 0 Å². The van der Waals surface area contributed by atoms with Crippen molar-refractivity contribution in [1.29, 1.82) is 0 Å². The highest BCUT2D eigenvalue weighted by Crippen LogP contribution is 2.29. The fourth-order valence-electron chi connectivity index (χ4n) is 2.76. The molecule has 0 bridgehead atoms. The Kier molecular flexibility index (Phi) is 4.16. The first-order chi connectivity index (χ1) is 11.1. The summed E-state index contributed by atoms with van der Waals surface area (Å²) < 4.78 is 11.1. The van der Waals surface area contributed by atoms with E-state index in [1.165, 1.54) is 11.2 Å². The normalized spacial score (nSPS) is 20.7. The van der Waals surface area contributed by atoms with Gasteiger partial charge < -0.3 is 19.7 Å². The number of likely N-dealkylation sites (tertiary alicyclic amines) is 1. The zero-order chi connectivity index (χ0) is 16.4. The van der Waals surface area contributed by atoms with E-state index in [9.17, 15) is 9.90 Å². The minimum absolute atomic E-state index is 0.191. The van der Waals surface area contributed by atoms with Crippen LogP contribution >= 0.6 is 0 Å². The van der Waals surface area contributed by atoms with Crippen molar-refractivity contribution in [3.8, 4) is 11.6 Å². The van der Waals surface area contributed by atoms with Crippen LogP contribution in [0.3, 0.4) is 0 Å². The van der Waals surface area contributed by atoms with Crippen molar-refractivity contribution in [1.82, 2.24) is 14.9 Å². The van der Waals surface area contributed by atoms with Gasteiger partial charge in [-0.15, -0.1) is 0 Å². The third-order valence-corrected chi connectivity index (χ3v) is 3.92. The Bertz CT molecular complexity index is 723. The van der Waals surface area contributed by atoms with Crippen LogP contribution in [0.4, 0.5) is 4.79 Å². The maximum Gasteiger partial charge on any atom is 0.407 e. The van der Waals surface area contributed by atoms with Gasteiger partial charge in [0.15, 0.2) is 0 Å². The van der Waals surface area contributed by atoms with Crippen molar-refractivity contribution in [3.05, 3.63) is 24.5 Å². The number of hydrogen-bond acceptors (Lipinski definition) is 6. The van der Waals surface area contributed by atoms with E-state index in [0.29, 0.717) is 29.0 Å². The lowest BCUT2D eigenvalue weighted by Crippen LogP contribution is -2.37. The Morgan fingerprint density at radius 1 is 1.43 bits per heavy atom. The predicted octanol–water partition coefficient (Wildman–Crippen LogP) is 1.13. The molecule has 0 saturated carbocycles. The van der Waals surface area contributed by atoms with Crippen molar-refractivity contribution in [3.63, 3.8) is 0 Å². The summed E-state index contributed by atoms with van der Waals surface area (Å²) in [7, 11) is 1.57. The lowest BCUT2D eigenvalue weighted by molar-refractivity contribution is 0.116. The third kappa shape index (κ3) is 2.98. The summed E-state index contributed by atoms with van der Waals surface area (Å²) in [6.07, 6.45) is 0.382. The summed E-state index contributed by atoms with van der Waals surface area (Å²) in [6, 6.07) is 4.91. The molecule has 0 radical (unpaired) electrons. The Labute approximate surface area is 132 Å². The van der Waals surface area contributed by atoms with Crippen LogP contribution in [-0.4, -0.2) is 63.6 Å². The number of hydrogen-bond donors (Lipinski definition) is 2. The average Bonchev–Trinajstić information content (AvgIpc) is 2.98. The fraction of sp³-hybridized carbons (Fsp3) is 0.400. The molecule has 2 N–H and O–H groups in total. The van der Waals surface area contributed by atoms with Crippen LogP contribution in [-0.2, 0) is 0 Å². The summed E-state index contributed by atoms with van der Waals surface area (Å²) in [5.74, 6) is 1.03. The maximum atomic E-state index is 11.2. The Morgan fingerprint density at radius 3 is 2.91 bits per heavy atom. The number of carbonyl (C=O) groups is 1. The SMILES string of the molecule is COc1ccc2ncnc(O[C@H]3C[C@@H](CO)N(C(=O)O)C3)c2c1. The quantitative estimate of drug-likeness (QED) is 0.870. The lowest BCUT2D eigenvalue weighted by atomic mass is 10.2. The van der Waals surface area contributed by atoms with Crippen molar-refractivity contribution in [2.45, 2.75) is 18.6 Å². The number of benzene rings is 1. The topological polar surface area (TPSA) is 105 Å². The van der Waals surface area contributed by atoms with Gasteiger partial charge in [0.05, 0.1) is 37.2 Å². The van der Waals surface area contributed by atoms with Crippen LogP contribution in [0.25, 0.3) is 10.9 Å². The standard InChI is InChI=1S/C15H17N3O5/c1-22-10-2-3-13-12(5-10)14(17-8-16-13)23-11-4-9(7-19)18(6-11)15(20)21/h2-3,5,8-9,11,19H,4,6-7H2,1H3,(H,20,21)/t9-,11-/m0/s1. The molecule has 1 fully saturated rings. The van der Waals surface area contributed by atoms with Gasteiger partial charge in [-0.3, -0.25) is 4.90 Å². The van der Waals surface area contributed by atoms with E-state index in [-0.39, 0.29) is 19.3 Å². The second-order valence-corrected chi connectivity index (χ2v) is 5.31. The number of fused-ring (bicyclic) bond motifs is 1. The van der Waals surface area contributed by atoms with Crippen LogP contribution < -0.4 is 9.47 Å². The summed E-state index contributed by atoms with van der Waals surface area (Å²) >= 11 is 0. The predicted molar refractivity (Wildman–Crippen MR) is 80.7 cm³/mol. The molecule has 0 spiro atoms. The molecule has 122 valence electrons. The number of aliphatic hydroxyl groups is 1. The monoisotopic (exact) mass is 319 g/mol. The molecule has 0 unspecified atom stereocenters.